The van der Waals surface area contributed by atoms with Crippen LogP contribution in [0.25, 0.3) is 0 Å². The van der Waals surface area contributed by atoms with Gasteiger partial charge in [-0.2, -0.15) is 0 Å². The van der Waals surface area contributed by atoms with E-state index in [2.05, 4.69) is 32.7 Å². The quantitative estimate of drug-likeness (QED) is 0.540. The molecule has 1 heterocycles. The molecule has 60 valence electrons. The molecule has 0 saturated carbocycles. The highest BCUT2D eigenvalue weighted by molar-refractivity contribution is 4.84. The van der Waals surface area contributed by atoms with Crippen LogP contribution in [0.4, 0.5) is 0 Å². The van der Waals surface area contributed by atoms with Crippen molar-refractivity contribution in [2.45, 2.75) is 45.7 Å². The largest absolute Gasteiger partial charge is 0.300 e. The molecule has 1 unspecified atom stereocenters. The Kier molecular flexibility index (Phi) is 2.35. The van der Waals surface area contributed by atoms with Crippen molar-refractivity contribution in [1.82, 2.24) is 4.90 Å². The van der Waals surface area contributed by atoms with Crippen LogP contribution in [0.5, 0.6) is 0 Å². The van der Waals surface area contributed by atoms with Crippen LogP contribution in [0.2, 0.25) is 0 Å². The first-order chi connectivity index (χ1) is 4.63. The lowest BCUT2D eigenvalue weighted by Crippen LogP contribution is -2.33. The van der Waals surface area contributed by atoms with Gasteiger partial charge in [-0.1, -0.05) is 13.8 Å². The van der Waals surface area contributed by atoms with Gasteiger partial charge >= 0.3 is 0 Å². The highest BCUT2D eigenvalue weighted by atomic mass is 15.2. The van der Waals surface area contributed by atoms with Crippen molar-refractivity contribution in [3.8, 4) is 0 Å². The summed E-state index contributed by atoms with van der Waals surface area (Å²) in [4.78, 5) is 2.52. The van der Waals surface area contributed by atoms with E-state index in [4.69, 9.17) is 0 Å². The maximum atomic E-state index is 2.52. The van der Waals surface area contributed by atoms with Gasteiger partial charge in [0.15, 0.2) is 0 Å². The Morgan fingerprint density at radius 1 is 1.30 bits per heavy atom. The third-order valence-electron chi connectivity index (χ3n) is 2.87. The Hall–Kier alpha value is -0.0400. The number of hydrogen-bond donors (Lipinski definition) is 0. The van der Waals surface area contributed by atoms with Gasteiger partial charge in [-0.05, 0) is 32.7 Å². The van der Waals surface area contributed by atoms with Gasteiger partial charge in [0.25, 0.3) is 0 Å². The predicted molar refractivity (Wildman–Crippen MR) is 45.1 cm³/mol. The first kappa shape index (κ1) is 8.06. The van der Waals surface area contributed by atoms with Gasteiger partial charge in [0.2, 0.25) is 0 Å². The van der Waals surface area contributed by atoms with Crippen LogP contribution in [0.1, 0.15) is 33.6 Å². The molecule has 0 amide bonds. The lowest BCUT2D eigenvalue weighted by molar-refractivity contribution is 0.208. The van der Waals surface area contributed by atoms with Crippen LogP contribution in [0.15, 0.2) is 0 Å². The molecular weight excluding hydrogens is 122 g/mol. The van der Waals surface area contributed by atoms with Crippen LogP contribution in [-0.4, -0.2) is 24.0 Å². The maximum Gasteiger partial charge on any atom is 0.0119 e. The van der Waals surface area contributed by atoms with Gasteiger partial charge in [0.1, 0.15) is 0 Å². The molecular formula is C9H19N. The normalized spacial score (nSPS) is 35.7. The first-order valence-electron chi connectivity index (χ1n) is 4.35. The SMILES string of the molecule is CC(C)C1CC[C@@H](C)N1C. The van der Waals surface area contributed by atoms with Crippen LogP contribution in [0, 0.1) is 5.92 Å². The Bertz CT molecular complexity index is 109. The van der Waals surface area contributed by atoms with Crippen LogP contribution in [0.3, 0.4) is 0 Å². The van der Waals surface area contributed by atoms with Crippen molar-refractivity contribution in [2.75, 3.05) is 7.05 Å². The van der Waals surface area contributed by atoms with Gasteiger partial charge in [-0.15, -0.1) is 0 Å². The molecule has 0 aromatic heterocycles. The molecule has 10 heavy (non-hydrogen) atoms. The standard InChI is InChI=1S/C9H19N/c1-7(2)9-6-5-8(3)10(9)4/h7-9H,5-6H2,1-4H3/t8-,9?/m1/s1. The van der Waals surface area contributed by atoms with Crippen molar-refractivity contribution >= 4 is 0 Å². The molecule has 2 atom stereocenters. The molecule has 0 radical (unpaired) electrons. The fourth-order valence-electron chi connectivity index (χ4n) is 1.95. The summed E-state index contributed by atoms with van der Waals surface area (Å²) in [5.74, 6) is 0.829. The highest BCUT2D eigenvalue weighted by Gasteiger charge is 2.28. The average Bonchev–Trinajstić information content (AvgIpc) is 2.14. The Balaban J connectivity index is 2.49. The summed E-state index contributed by atoms with van der Waals surface area (Å²) < 4.78 is 0. The topological polar surface area (TPSA) is 3.24 Å². The van der Waals surface area contributed by atoms with Gasteiger partial charge < -0.3 is 4.90 Å². The number of rotatable bonds is 1. The minimum Gasteiger partial charge on any atom is -0.300 e. The molecule has 0 aromatic rings. The van der Waals surface area contributed by atoms with Crippen LogP contribution in [-0.2, 0) is 0 Å². The van der Waals surface area contributed by atoms with Crippen molar-refractivity contribution < 1.29 is 0 Å². The number of likely N-dealkylation sites (tertiary alicyclic amines) is 1. The van der Waals surface area contributed by atoms with E-state index in [0.29, 0.717) is 0 Å². The number of hydrogen-bond acceptors (Lipinski definition) is 1. The van der Waals surface area contributed by atoms with Gasteiger partial charge in [0.05, 0.1) is 0 Å². The molecule has 0 aliphatic carbocycles. The molecule has 1 fully saturated rings. The van der Waals surface area contributed by atoms with Crippen molar-refractivity contribution in [2.24, 2.45) is 5.92 Å². The minimum absolute atomic E-state index is 0.812. The summed E-state index contributed by atoms with van der Waals surface area (Å²) in [7, 11) is 2.25. The lowest BCUT2D eigenvalue weighted by atomic mass is 10.0. The second-order valence-electron chi connectivity index (χ2n) is 3.90. The zero-order valence-corrected chi connectivity index (χ0v) is 7.59. The third-order valence-corrected chi connectivity index (χ3v) is 2.87. The molecule has 1 aliphatic rings. The molecule has 1 rings (SSSR count). The van der Waals surface area contributed by atoms with Gasteiger partial charge in [0, 0.05) is 12.1 Å². The lowest BCUT2D eigenvalue weighted by Gasteiger charge is -2.26. The Labute approximate surface area is 64.4 Å². The summed E-state index contributed by atoms with van der Waals surface area (Å²) in [5, 5.41) is 0. The van der Waals surface area contributed by atoms with Gasteiger partial charge in [-0.3, -0.25) is 0 Å². The van der Waals surface area contributed by atoms with E-state index >= 15 is 0 Å². The molecule has 0 spiro atoms. The van der Waals surface area contributed by atoms with Gasteiger partial charge in [-0.25, -0.2) is 0 Å². The first-order valence-corrected chi connectivity index (χ1v) is 4.35. The monoisotopic (exact) mass is 141 g/mol. The van der Waals surface area contributed by atoms with E-state index in [9.17, 15) is 0 Å². The van der Waals surface area contributed by atoms with Crippen molar-refractivity contribution in [1.29, 1.82) is 0 Å². The highest BCUT2D eigenvalue weighted by Crippen LogP contribution is 2.26. The molecule has 0 aromatic carbocycles. The van der Waals surface area contributed by atoms with E-state index < -0.39 is 0 Å². The van der Waals surface area contributed by atoms with Crippen LogP contribution >= 0.6 is 0 Å². The summed E-state index contributed by atoms with van der Waals surface area (Å²) in [6.07, 6.45) is 2.79. The third kappa shape index (κ3) is 1.34. The maximum absolute atomic E-state index is 2.52. The second kappa shape index (κ2) is 2.91. The molecule has 0 N–H and O–H groups in total. The zero-order chi connectivity index (χ0) is 7.72. The second-order valence-corrected chi connectivity index (χ2v) is 3.90. The Morgan fingerprint density at radius 3 is 2.10 bits per heavy atom. The van der Waals surface area contributed by atoms with Crippen molar-refractivity contribution in [3.05, 3.63) is 0 Å². The summed E-state index contributed by atoms with van der Waals surface area (Å²) in [5.41, 5.74) is 0. The van der Waals surface area contributed by atoms with E-state index in [1.54, 1.807) is 0 Å². The minimum atomic E-state index is 0.812. The number of nitrogens with zero attached hydrogens (tertiary/aromatic N) is 1. The van der Waals surface area contributed by atoms with E-state index in [-0.39, 0.29) is 0 Å². The van der Waals surface area contributed by atoms with E-state index in [1.165, 1.54) is 12.8 Å². The smallest absolute Gasteiger partial charge is 0.0119 e. The van der Waals surface area contributed by atoms with E-state index in [0.717, 1.165) is 18.0 Å². The summed E-state index contributed by atoms with van der Waals surface area (Å²) in [6.45, 7) is 6.96. The molecule has 0 bridgehead atoms. The molecule has 1 nitrogen and oxygen atoms in total. The molecule has 1 saturated heterocycles. The van der Waals surface area contributed by atoms with Crippen molar-refractivity contribution in [3.63, 3.8) is 0 Å². The summed E-state index contributed by atoms with van der Waals surface area (Å²) >= 11 is 0. The predicted octanol–water partition coefficient (Wildman–Crippen LogP) is 2.13. The molecule has 1 aliphatic heterocycles. The van der Waals surface area contributed by atoms with Crippen LogP contribution < -0.4 is 0 Å². The zero-order valence-electron chi connectivity index (χ0n) is 7.59. The van der Waals surface area contributed by atoms with E-state index in [1.807, 2.05) is 0 Å². The fraction of sp³-hybridized carbons (Fsp3) is 1.00. The fourth-order valence-corrected chi connectivity index (χ4v) is 1.95. The average molecular weight is 141 g/mol. The summed E-state index contributed by atoms with van der Waals surface area (Å²) in [6, 6.07) is 1.65. The molecule has 1 heteroatoms. The Morgan fingerprint density at radius 2 is 1.90 bits per heavy atom.